The molecule has 0 radical (unpaired) electrons. The topological polar surface area (TPSA) is 128 Å². The SMILES string of the molecule is CCCCCOC(=O)c1ccc(N2C[C@H](C(=O)OCC(=O)Nc3ccc(C(=O)OC)cc3)CC2=O)cc1. The molecular formula is C27H30N2O8. The summed E-state index contributed by atoms with van der Waals surface area (Å²) in [5.74, 6) is -3.11. The van der Waals surface area contributed by atoms with Crippen LogP contribution < -0.4 is 10.2 Å². The van der Waals surface area contributed by atoms with E-state index in [0.717, 1.165) is 19.3 Å². The molecule has 0 bridgehead atoms. The first-order chi connectivity index (χ1) is 17.8. The second kappa shape index (κ2) is 13.2. The van der Waals surface area contributed by atoms with Gasteiger partial charge in [0, 0.05) is 24.3 Å². The van der Waals surface area contributed by atoms with E-state index in [1.54, 1.807) is 24.3 Å². The van der Waals surface area contributed by atoms with Crippen molar-refractivity contribution in [3.05, 3.63) is 59.7 Å². The quantitative estimate of drug-likeness (QED) is 0.277. The van der Waals surface area contributed by atoms with Crippen LogP contribution in [-0.4, -0.2) is 56.6 Å². The van der Waals surface area contributed by atoms with Crippen molar-refractivity contribution in [3.8, 4) is 0 Å². The predicted octanol–water partition coefficient (Wildman–Crippen LogP) is 3.36. The molecule has 2 aromatic rings. The summed E-state index contributed by atoms with van der Waals surface area (Å²) in [4.78, 5) is 62.2. The molecule has 1 atom stereocenters. The lowest BCUT2D eigenvalue weighted by molar-refractivity contribution is -0.151. The molecule has 3 rings (SSSR count). The Morgan fingerprint density at radius 2 is 1.57 bits per heavy atom. The molecule has 0 aromatic heterocycles. The smallest absolute Gasteiger partial charge is 0.338 e. The summed E-state index contributed by atoms with van der Waals surface area (Å²) in [6.07, 6.45) is 2.79. The zero-order chi connectivity index (χ0) is 26.8. The highest BCUT2D eigenvalue weighted by atomic mass is 16.5. The second-order valence-corrected chi connectivity index (χ2v) is 8.52. The number of rotatable bonds is 11. The average molecular weight is 511 g/mol. The summed E-state index contributed by atoms with van der Waals surface area (Å²) in [5, 5.41) is 2.57. The first-order valence-electron chi connectivity index (χ1n) is 12.0. The number of carbonyl (C=O) groups is 5. The summed E-state index contributed by atoms with van der Waals surface area (Å²) in [5.41, 5.74) is 1.69. The third-order valence-corrected chi connectivity index (χ3v) is 5.79. The van der Waals surface area contributed by atoms with Crippen LogP contribution in [0.4, 0.5) is 11.4 Å². The molecule has 1 fully saturated rings. The maximum absolute atomic E-state index is 12.5. The zero-order valence-corrected chi connectivity index (χ0v) is 20.9. The van der Waals surface area contributed by atoms with Gasteiger partial charge in [0.25, 0.3) is 5.91 Å². The van der Waals surface area contributed by atoms with Crippen LogP contribution in [0.25, 0.3) is 0 Å². The minimum absolute atomic E-state index is 0.0450. The molecular weight excluding hydrogens is 480 g/mol. The molecule has 0 saturated carbocycles. The predicted molar refractivity (Wildman–Crippen MR) is 134 cm³/mol. The van der Waals surface area contributed by atoms with Crippen LogP contribution in [0.5, 0.6) is 0 Å². The van der Waals surface area contributed by atoms with Crippen LogP contribution in [0.3, 0.4) is 0 Å². The molecule has 2 amide bonds. The number of nitrogens with one attached hydrogen (secondary N) is 1. The van der Waals surface area contributed by atoms with Gasteiger partial charge in [-0.05, 0) is 55.0 Å². The highest BCUT2D eigenvalue weighted by Crippen LogP contribution is 2.26. The number of unbranched alkanes of at least 4 members (excludes halogenated alkanes) is 2. The maximum Gasteiger partial charge on any atom is 0.338 e. The Hall–Kier alpha value is -4.21. The van der Waals surface area contributed by atoms with Crippen molar-refractivity contribution in [2.24, 2.45) is 5.92 Å². The van der Waals surface area contributed by atoms with Crippen molar-refractivity contribution in [2.45, 2.75) is 32.6 Å². The first kappa shape index (κ1) is 27.4. The zero-order valence-electron chi connectivity index (χ0n) is 20.9. The Morgan fingerprint density at radius 3 is 2.22 bits per heavy atom. The van der Waals surface area contributed by atoms with E-state index >= 15 is 0 Å². The van der Waals surface area contributed by atoms with Gasteiger partial charge >= 0.3 is 17.9 Å². The largest absolute Gasteiger partial charge is 0.465 e. The van der Waals surface area contributed by atoms with E-state index in [-0.39, 0.29) is 18.9 Å². The number of ether oxygens (including phenoxy) is 3. The van der Waals surface area contributed by atoms with Crippen LogP contribution >= 0.6 is 0 Å². The van der Waals surface area contributed by atoms with Gasteiger partial charge in [0.15, 0.2) is 6.61 Å². The molecule has 1 aliphatic rings. The number of hydrogen-bond donors (Lipinski definition) is 1. The van der Waals surface area contributed by atoms with Gasteiger partial charge < -0.3 is 24.4 Å². The number of anilines is 2. The molecule has 37 heavy (non-hydrogen) atoms. The maximum atomic E-state index is 12.5. The van der Waals surface area contributed by atoms with Crippen LogP contribution in [0.15, 0.2) is 48.5 Å². The standard InChI is InChI=1S/C27H30N2O8/c1-3-4-5-14-36-26(33)19-8-12-22(13-9-19)29-16-20(15-24(29)31)27(34)37-17-23(30)28-21-10-6-18(7-11-21)25(32)35-2/h6-13,20H,3-5,14-17H2,1-2H3,(H,28,30)/t20-/m1/s1. The van der Waals surface area contributed by atoms with E-state index in [9.17, 15) is 24.0 Å². The second-order valence-electron chi connectivity index (χ2n) is 8.52. The molecule has 1 heterocycles. The van der Waals surface area contributed by atoms with Gasteiger partial charge in [-0.2, -0.15) is 0 Å². The number of amides is 2. The van der Waals surface area contributed by atoms with E-state index in [4.69, 9.17) is 9.47 Å². The fraction of sp³-hybridized carbons (Fsp3) is 0.370. The summed E-state index contributed by atoms with van der Waals surface area (Å²) in [6.45, 7) is 2.02. The molecule has 2 aromatic carbocycles. The number of hydrogen-bond acceptors (Lipinski definition) is 8. The highest BCUT2D eigenvalue weighted by Gasteiger charge is 2.36. The van der Waals surface area contributed by atoms with Crippen molar-refractivity contribution >= 4 is 41.1 Å². The molecule has 1 N–H and O–H groups in total. The van der Waals surface area contributed by atoms with E-state index < -0.39 is 36.3 Å². The summed E-state index contributed by atoms with van der Waals surface area (Å²) < 4.78 is 15.0. The minimum Gasteiger partial charge on any atom is -0.465 e. The normalized spacial score (nSPS) is 14.7. The van der Waals surface area contributed by atoms with Crippen LogP contribution in [0, 0.1) is 5.92 Å². The lowest BCUT2D eigenvalue weighted by Gasteiger charge is -2.17. The third kappa shape index (κ3) is 7.63. The van der Waals surface area contributed by atoms with E-state index in [1.807, 2.05) is 0 Å². The summed E-state index contributed by atoms with van der Waals surface area (Å²) >= 11 is 0. The van der Waals surface area contributed by atoms with Crippen molar-refractivity contribution in [3.63, 3.8) is 0 Å². The first-order valence-corrected chi connectivity index (χ1v) is 12.0. The van der Waals surface area contributed by atoms with Gasteiger partial charge in [-0.3, -0.25) is 14.4 Å². The van der Waals surface area contributed by atoms with Crippen LogP contribution in [0.2, 0.25) is 0 Å². The Balaban J connectivity index is 1.47. The molecule has 0 unspecified atom stereocenters. The van der Waals surface area contributed by atoms with Gasteiger partial charge in [0.1, 0.15) is 0 Å². The molecule has 0 spiro atoms. The Labute approximate surface area is 214 Å². The van der Waals surface area contributed by atoms with E-state index in [1.165, 1.54) is 36.3 Å². The monoisotopic (exact) mass is 510 g/mol. The van der Waals surface area contributed by atoms with Crippen molar-refractivity contribution in [1.29, 1.82) is 0 Å². The van der Waals surface area contributed by atoms with Crippen molar-refractivity contribution < 1.29 is 38.2 Å². The van der Waals surface area contributed by atoms with E-state index in [2.05, 4.69) is 17.0 Å². The number of esters is 3. The lowest BCUT2D eigenvalue weighted by atomic mass is 10.1. The van der Waals surface area contributed by atoms with Crippen LogP contribution in [0.1, 0.15) is 53.3 Å². The van der Waals surface area contributed by atoms with Gasteiger partial charge in [0.2, 0.25) is 5.91 Å². The number of methoxy groups -OCH3 is 1. The number of nitrogens with zero attached hydrogens (tertiary/aromatic N) is 1. The summed E-state index contributed by atoms with van der Waals surface area (Å²) in [7, 11) is 1.27. The fourth-order valence-corrected chi connectivity index (χ4v) is 3.75. The Kier molecular flexibility index (Phi) is 9.76. The van der Waals surface area contributed by atoms with E-state index in [0.29, 0.717) is 29.1 Å². The minimum atomic E-state index is -0.720. The Morgan fingerprint density at radius 1 is 0.919 bits per heavy atom. The molecule has 0 aliphatic carbocycles. The highest BCUT2D eigenvalue weighted by molar-refractivity contribution is 6.00. The molecule has 1 saturated heterocycles. The molecule has 10 nitrogen and oxygen atoms in total. The Bertz CT molecular complexity index is 1130. The lowest BCUT2D eigenvalue weighted by Crippen LogP contribution is -2.28. The molecule has 10 heteroatoms. The number of carbonyl (C=O) groups excluding carboxylic acids is 5. The van der Waals surface area contributed by atoms with Gasteiger partial charge in [-0.15, -0.1) is 0 Å². The average Bonchev–Trinajstić information content (AvgIpc) is 3.31. The van der Waals surface area contributed by atoms with Crippen molar-refractivity contribution in [1.82, 2.24) is 0 Å². The fourth-order valence-electron chi connectivity index (χ4n) is 3.75. The van der Waals surface area contributed by atoms with Gasteiger partial charge in [-0.25, -0.2) is 9.59 Å². The van der Waals surface area contributed by atoms with Crippen LogP contribution in [-0.2, 0) is 28.6 Å². The molecule has 196 valence electrons. The van der Waals surface area contributed by atoms with Gasteiger partial charge in [-0.1, -0.05) is 19.8 Å². The summed E-state index contributed by atoms with van der Waals surface area (Å²) in [6, 6.07) is 12.5. The molecule has 1 aliphatic heterocycles. The third-order valence-electron chi connectivity index (χ3n) is 5.79. The van der Waals surface area contributed by atoms with Crippen molar-refractivity contribution in [2.75, 3.05) is 37.1 Å². The van der Waals surface area contributed by atoms with Gasteiger partial charge in [0.05, 0.1) is 30.8 Å². The number of benzene rings is 2.